The number of aromatic nitrogens is 1. The number of hydrogen-bond donors (Lipinski definition) is 3. The lowest BCUT2D eigenvalue weighted by Crippen LogP contribution is -2.40. The van der Waals surface area contributed by atoms with Crippen molar-refractivity contribution in [2.24, 2.45) is 29.1 Å². The van der Waals surface area contributed by atoms with Gasteiger partial charge in [-0.15, -0.1) is 0 Å². The summed E-state index contributed by atoms with van der Waals surface area (Å²) in [4.78, 5) is 3.39. The minimum absolute atomic E-state index is 0.192. The van der Waals surface area contributed by atoms with Crippen molar-refractivity contribution < 1.29 is 5.11 Å². The van der Waals surface area contributed by atoms with Gasteiger partial charge in [-0.05, 0) is 105 Å². The van der Waals surface area contributed by atoms with E-state index < -0.39 is 6.10 Å². The first-order valence-electron chi connectivity index (χ1n) is 10.7. The number of aliphatic hydroxyl groups is 1. The molecule has 3 atom stereocenters. The number of aromatic amines is 1. The predicted octanol–water partition coefficient (Wildman–Crippen LogP) is 5.37. The molecule has 0 spiro atoms. The highest BCUT2D eigenvalue weighted by molar-refractivity contribution is 6.04. The molecule has 0 saturated heterocycles. The minimum Gasteiger partial charge on any atom is -0.387 e. The van der Waals surface area contributed by atoms with Crippen LogP contribution in [0.25, 0.3) is 10.9 Å². The molecule has 0 radical (unpaired) electrons. The fraction of sp³-hybridized carbons (Fsp3) is 0.625. The Hall–Kier alpha value is -1.61. The van der Waals surface area contributed by atoms with E-state index in [0.29, 0.717) is 5.71 Å². The molecule has 3 aliphatic rings. The van der Waals surface area contributed by atoms with E-state index in [9.17, 15) is 5.11 Å². The van der Waals surface area contributed by atoms with Crippen LogP contribution in [-0.2, 0) is 0 Å². The van der Waals surface area contributed by atoms with Crippen molar-refractivity contribution in [2.45, 2.75) is 65.4 Å². The normalized spacial score (nSPS) is 35.7. The summed E-state index contributed by atoms with van der Waals surface area (Å²) in [5.74, 6) is 3.74. The van der Waals surface area contributed by atoms with Crippen molar-refractivity contribution in [1.29, 1.82) is 5.41 Å². The van der Waals surface area contributed by atoms with E-state index in [-0.39, 0.29) is 5.41 Å². The van der Waals surface area contributed by atoms with Gasteiger partial charge in [0.05, 0.1) is 11.8 Å². The van der Waals surface area contributed by atoms with Crippen LogP contribution >= 0.6 is 0 Å². The Balaban J connectivity index is 1.34. The van der Waals surface area contributed by atoms with Gasteiger partial charge >= 0.3 is 0 Å². The summed E-state index contributed by atoms with van der Waals surface area (Å²) in [6.07, 6.45) is 6.90. The van der Waals surface area contributed by atoms with Gasteiger partial charge in [-0.1, -0.05) is 13.0 Å². The van der Waals surface area contributed by atoms with Crippen molar-refractivity contribution in [1.82, 2.24) is 4.98 Å². The maximum absolute atomic E-state index is 10.9. The van der Waals surface area contributed by atoms with Crippen molar-refractivity contribution in [3.8, 4) is 0 Å². The molecule has 5 rings (SSSR count). The van der Waals surface area contributed by atoms with Crippen molar-refractivity contribution in [3.05, 3.63) is 35.0 Å². The molecule has 3 unspecified atom stereocenters. The Morgan fingerprint density at radius 3 is 2.59 bits per heavy atom. The quantitative estimate of drug-likeness (QED) is 0.628. The number of aliphatic hydroxyl groups excluding tert-OH is 1. The molecule has 27 heavy (non-hydrogen) atoms. The van der Waals surface area contributed by atoms with Crippen molar-refractivity contribution in [3.63, 3.8) is 0 Å². The molecule has 2 bridgehead atoms. The Bertz CT molecular complexity index is 894. The van der Waals surface area contributed by atoms with E-state index in [1.807, 2.05) is 12.1 Å². The zero-order valence-electron chi connectivity index (χ0n) is 16.8. The second-order valence-corrected chi connectivity index (χ2v) is 10.2. The molecule has 3 nitrogen and oxygen atoms in total. The average molecular weight is 365 g/mol. The fourth-order valence-corrected chi connectivity index (χ4v) is 7.02. The molecule has 2 aromatic rings. The Morgan fingerprint density at radius 2 is 1.93 bits per heavy atom. The van der Waals surface area contributed by atoms with Crippen LogP contribution in [0.5, 0.6) is 0 Å². The standard InChI is InChI=1S/C24H32N2O/c1-13-14(2)26-21-5-4-16(9-19(13)21)23(25)22(27)12-24(3)10-17-6-15-7-18(11-24)20(17)8-15/h4-5,9,15,17-18,20,22,25-27H,6-8,10-12H2,1-3H3. The third-order valence-electron chi connectivity index (χ3n) is 8.24. The highest BCUT2D eigenvalue weighted by Gasteiger charge is 2.53. The number of H-pyrrole nitrogens is 1. The lowest BCUT2D eigenvalue weighted by atomic mass is 9.59. The minimum atomic E-state index is -0.665. The second kappa shape index (κ2) is 5.94. The highest BCUT2D eigenvalue weighted by atomic mass is 16.3. The first kappa shape index (κ1) is 17.5. The summed E-state index contributed by atoms with van der Waals surface area (Å²) < 4.78 is 0. The van der Waals surface area contributed by atoms with Crippen LogP contribution in [0.4, 0.5) is 0 Å². The van der Waals surface area contributed by atoms with Crippen LogP contribution in [0, 0.1) is 48.3 Å². The van der Waals surface area contributed by atoms with Gasteiger partial charge in [-0.3, -0.25) is 0 Å². The van der Waals surface area contributed by atoms with Gasteiger partial charge in [0, 0.05) is 16.6 Å². The van der Waals surface area contributed by atoms with E-state index in [4.69, 9.17) is 5.41 Å². The Morgan fingerprint density at radius 1 is 1.22 bits per heavy atom. The Kier molecular flexibility index (Phi) is 3.85. The number of aryl methyl sites for hydroxylation is 2. The zero-order valence-corrected chi connectivity index (χ0v) is 16.8. The largest absolute Gasteiger partial charge is 0.387 e. The van der Waals surface area contributed by atoms with E-state index in [1.165, 1.54) is 48.7 Å². The molecular weight excluding hydrogens is 332 g/mol. The Labute approximate surface area is 162 Å². The maximum atomic E-state index is 10.9. The summed E-state index contributed by atoms with van der Waals surface area (Å²) >= 11 is 0. The molecule has 0 amide bonds. The summed E-state index contributed by atoms with van der Waals surface area (Å²) in [5, 5.41) is 20.7. The van der Waals surface area contributed by atoms with Gasteiger partial charge in [-0.25, -0.2) is 0 Å². The molecule has 0 aliphatic heterocycles. The van der Waals surface area contributed by atoms with E-state index in [0.717, 1.165) is 41.2 Å². The third-order valence-corrected chi connectivity index (χ3v) is 8.24. The zero-order chi connectivity index (χ0) is 18.9. The molecule has 3 heteroatoms. The molecule has 3 N–H and O–H groups in total. The summed E-state index contributed by atoms with van der Waals surface area (Å²) in [6, 6.07) is 6.11. The summed E-state index contributed by atoms with van der Waals surface area (Å²) in [6.45, 7) is 6.57. The molecule has 144 valence electrons. The number of rotatable bonds is 4. The van der Waals surface area contributed by atoms with Crippen LogP contribution in [0.3, 0.4) is 0 Å². The summed E-state index contributed by atoms with van der Waals surface area (Å²) in [7, 11) is 0. The summed E-state index contributed by atoms with van der Waals surface area (Å²) in [5.41, 5.74) is 4.96. The van der Waals surface area contributed by atoms with Crippen LogP contribution in [0.15, 0.2) is 18.2 Å². The molecule has 3 saturated carbocycles. The third kappa shape index (κ3) is 2.77. The number of benzene rings is 1. The van der Waals surface area contributed by atoms with Gasteiger partial charge in [0.25, 0.3) is 0 Å². The lowest BCUT2D eigenvalue weighted by Gasteiger charge is -2.47. The van der Waals surface area contributed by atoms with Crippen LogP contribution < -0.4 is 0 Å². The van der Waals surface area contributed by atoms with E-state index >= 15 is 0 Å². The predicted molar refractivity (Wildman–Crippen MR) is 110 cm³/mol. The van der Waals surface area contributed by atoms with Crippen LogP contribution in [0.1, 0.15) is 62.3 Å². The van der Waals surface area contributed by atoms with Gasteiger partial charge in [0.15, 0.2) is 0 Å². The fourth-order valence-electron chi connectivity index (χ4n) is 7.02. The maximum Gasteiger partial charge on any atom is 0.0963 e. The van der Waals surface area contributed by atoms with Crippen LogP contribution in [0.2, 0.25) is 0 Å². The topological polar surface area (TPSA) is 59.9 Å². The molecule has 1 aromatic carbocycles. The second-order valence-electron chi connectivity index (χ2n) is 10.2. The van der Waals surface area contributed by atoms with Gasteiger partial charge in [-0.2, -0.15) is 0 Å². The van der Waals surface area contributed by atoms with E-state index in [1.54, 1.807) is 0 Å². The van der Waals surface area contributed by atoms with Gasteiger partial charge in [0.1, 0.15) is 0 Å². The SMILES string of the molecule is Cc1[nH]c2ccc(C(=N)C(O)CC3(C)CC4CC5CC(C3)C4C5)cc2c1C. The first-order valence-corrected chi connectivity index (χ1v) is 10.7. The van der Waals surface area contributed by atoms with Crippen LogP contribution in [-0.4, -0.2) is 21.9 Å². The van der Waals surface area contributed by atoms with E-state index in [2.05, 4.69) is 31.8 Å². The number of fused-ring (bicyclic) bond motifs is 2. The van der Waals surface area contributed by atoms with Gasteiger partial charge in [0.2, 0.25) is 0 Å². The number of hydrogen-bond acceptors (Lipinski definition) is 2. The lowest BCUT2D eigenvalue weighted by molar-refractivity contribution is 0.0229. The smallest absolute Gasteiger partial charge is 0.0963 e. The molecular formula is C24H32N2O. The number of nitrogens with one attached hydrogen (secondary N) is 2. The van der Waals surface area contributed by atoms with Crippen molar-refractivity contribution >= 4 is 16.6 Å². The van der Waals surface area contributed by atoms with Gasteiger partial charge < -0.3 is 15.5 Å². The molecule has 3 aliphatic carbocycles. The molecule has 1 aromatic heterocycles. The molecule has 1 heterocycles. The monoisotopic (exact) mass is 364 g/mol. The highest BCUT2D eigenvalue weighted by Crippen LogP contribution is 2.62. The van der Waals surface area contributed by atoms with Crippen molar-refractivity contribution in [2.75, 3.05) is 0 Å². The molecule has 3 fully saturated rings. The first-order chi connectivity index (χ1) is 12.8. The average Bonchev–Trinajstić information content (AvgIpc) is 3.27.